The van der Waals surface area contributed by atoms with Crippen molar-refractivity contribution < 1.29 is 14.3 Å². The molecule has 2 aromatic heterocycles. The number of Topliss-reactive ketones (excluding diaryl/α,β-unsaturated/α-hetero) is 1. The molecule has 1 aromatic carbocycles. The molecule has 4 rings (SSSR count). The summed E-state index contributed by atoms with van der Waals surface area (Å²) in [5.74, 6) is 0.956. The number of carbonyl (C=O) groups excluding carboxylic acids is 1. The Hall–Kier alpha value is -2.93. The molecule has 0 bridgehead atoms. The number of hydrogen-bond acceptors (Lipinski definition) is 6. The Labute approximate surface area is 147 Å². The van der Waals surface area contributed by atoms with E-state index in [1.807, 2.05) is 17.5 Å². The van der Waals surface area contributed by atoms with Crippen LogP contribution in [0.25, 0.3) is 10.6 Å². The average molecular weight is 354 g/mol. The predicted octanol–water partition coefficient (Wildman–Crippen LogP) is 2.63. The van der Waals surface area contributed by atoms with Gasteiger partial charge < -0.3 is 9.47 Å². The summed E-state index contributed by atoms with van der Waals surface area (Å²) in [6.45, 7) is 0.821. The summed E-state index contributed by atoms with van der Waals surface area (Å²) in [6, 6.07) is 12.0. The van der Waals surface area contributed by atoms with Gasteiger partial charge in [0.05, 0.1) is 4.88 Å². The Balaban J connectivity index is 1.60. The molecule has 1 aliphatic heterocycles. The van der Waals surface area contributed by atoms with Crippen molar-refractivity contribution in [2.45, 2.75) is 6.54 Å². The van der Waals surface area contributed by atoms with Gasteiger partial charge in [-0.25, -0.2) is 4.68 Å². The second-order valence-electron chi connectivity index (χ2n) is 5.47. The van der Waals surface area contributed by atoms with Crippen LogP contribution in [0.4, 0.5) is 0 Å². The number of thiophene rings is 1. The number of ketones is 1. The first kappa shape index (κ1) is 15.6. The van der Waals surface area contributed by atoms with E-state index < -0.39 is 0 Å². The molecular weight excluding hydrogens is 340 g/mol. The van der Waals surface area contributed by atoms with E-state index in [1.165, 1.54) is 22.1 Å². The van der Waals surface area contributed by atoms with Crippen molar-refractivity contribution >= 4 is 17.1 Å². The lowest BCUT2D eigenvalue weighted by Crippen LogP contribution is -2.26. The summed E-state index contributed by atoms with van der Waals surface area (Å²) < 4.78 is 12.1. The molecule has 7 heteroatoms. The van der Waals surface area contributed by atoms with Gasteiger partial charge in [0.2, 0.25) is 0 Å². The van der Waals surface area contributed by atoms with Gasteiger partial charge in [0.1, 0.15) is 25.5 Å². The van der Waals surface area contributed by atoms with Crippen molar-refractivity contribution in [2.75, 3.05) is 13.2 Å². The highest BCUT2D eigenvalue weighted by atomic mass is 32.1. The first-order valence-electron chi connectivity index (χ1n) is 7.75. The van der Waals surface area contributed by atoms with Gasteiger partial charge in [-0.15, -0.1) is 11.3 Å². The standard InChI is InChI=1S/C18H14N2O4S/c21-14(12-3-5-15-16(10-12)24-8-7-23-15)11-20-18(22)6-4-13(19-20)17-2-1-9-25-17/h1-6,9-10H,7-8,11H2. The predicted molar refractivity (Wildman–Crippen MR) is 93.6 cm³/mol. The molecule has 3 aromatic rings. The number of fused-ring (bicyclic) bond motifs is 1. The van der Waals surface area contributed by atoms with E-state index in [-0.39, 0.29) is 17.9 Å². The lowest BCUT2D eigenvalue weighted by atomic mass is 10.1. The van der Waals surface area contributed by atoms with Crippen LogP contribution in [-0.2, 0) is 6.54 Å². The highest BCUT2D eigenvalue weighted by molar-refractivity contribution is 7.13. The van der Waals surface area contributed by atoms with Gasteiger partial charge in [-0.05, 0) is 35.7 Å². The van der Waals surface area contributed by atoms with E-state index in [0.717, 1.165) is 4.88 Å². The zero-order chi connectivity index (χ0) is 17.2. The van der Waals surface area contributed by atoms with Crippen LogP contribution in [0.2, 0.25) is 0 Å². The average Bonchev–Trinajstić information content (AvgIpc) is 3.18. The van der Waals surface area contributed by atoms with E-state index in [9.17, 15) is 9.59 Å². The molecule has 0 unspecified atom stereocenters. The smallest absolute Gasteiger partial charge is 0.267 e. The Morgan fingerprint density at radius 1 is 1.12 bits per heavy atom. The molecule has 1 aliphatic rings. The van der Waals surface area contributed by atoms with E-state index in [4.69, 9.17) is 9.47 Å². The van der Waals surface area contributed by atoms with Gasteiger partial charge in [-0.3, -0.25) is 9.59 Å². The van der Waals surface area contributed by atoms with Crippen LogP contribution < -0.4 is 15.0 Å². The number of aromatic nitrogens is 2. The molecule has 0 atom stereocenters. The third-order valence-electron chi connectivity index (χ3n) is 3.80. The van der Waals surface area contributed by atoms with E-state index in [1.54, 1.807) is 24.3 Å². The Morgan fingerprint density at radius 3 is 2.76 bits per heavy atom. The third-order valence-corrected chi connectivity index (χ3v) is 4.69. The third kappa shape index (κ3) is 3.18. The van der Waals surface area contributed by atoms with E-state index in [0.29, 0.717) is 36.0 Å². The van der Waals surface area contributed by atoms with Crippen molar-refractivity contribution in [1.82, 2.24) is 9.78 Å². The zero-order valence-electron chi connectivity index (χ0n) is 13.2. The molecule has 25 heavy (non-hydrogen) atoms. The van der Waals surface area contributed by atoms with Crippen LogP contribution in [0, 0.1) is 0 Å². The van der Waals surface area contributed by atoms with Gasteiger partial charge in [0, 0.05) is 11.6 Å². The van der Waals surface area contributed by atoms with Crippen LogP contribution in [0.15, 0.2) is 52.6 Å². The summed E-state index contributed by atoms with van der Waals surface area (Å²) in [5.41, 5.74) is 0.815. The summed E-state index contributed by atoms with van der Waals surface area (Å²) in [5, 5.41) is 6.24. The highest BCUT2D eigenvalue weighted by Gasteiger charge is 2.16. The van der Waals surface area contributed by atoms with Crippen molar-refractivity contribution in [3.63, 3.8) is 0 Å². The fourth-order valence-electron chi connectivity index (χ4n) is 2.56. The number of ether oxygens (including phenoxy) is 2. The summed E-state index contributed by atoms with van der Waals surface area (Å²) in [4.78, 5) is 25.5. The maximum Gasteiger partial charge on any atom is 0.267 e. The first-order chi connectivity index (χ1) is 12.2. The maximum absolute atomic E-state index is 12.6. The van der Waals surface area contributed by atoms with Crippen LogP contribution in [-0.4, -0.2) is 28.8 Å². The summed E-state index contributed by atoms with van der Waals surface area (Å²) >= 11 is 1.53. The quantitative estimate of drug-likeness (QED) is 0.674. The number of benzene rings is 1. The topological polar surface area (TPSA) is 70.4 Å². The summed E-state index contributed by atoms with van der Waals surface area (Å²) in [6.07, 6.45) is 0. The lowest BCUT2D eigenvalue weighted by molar-refractivity contribution is 0.0964. The normalized spacial score (nSPS) is 12.8. The molecule has 0 saturated heterocycles. The Kier molecular flexibility index (Phi) is 4.07. The van der Waals surface area contributed by atoms with Gasteiger partial charge in [-0.1, -0.05) is 6.07 Å². The van der Waals surface area contributed by atoms with E-state index in [2.05, 4.69) is 5.10 Å². The van der Waals surface area contributed by atoms with Crippen molar-refractivity contribution in [3.8, 4) is 22.1 Å². The lowest BCUT2D eigenvalue weighted by Gasteiger charge is -2.18. The minimum absolute atomic E-state index is 0.127. The van der Waals surface area contributed by atoms with Crippen molar-refractivity contribution in [3.05, 3.63) is 63.8 Å². The SMILES string of the molecule is O=C(Cn1nc(-c2cccs2)ccc1=O)c1ccc2c(c1)OCCO2. The monoisotopic (exact) mass is 354 g/mol. The highest BCUT2D eigenvalue weighted by Crippen LogP contribution is 2.31. The van der Waals surface area contributed by atoms with Gasteiger partial charge in [-0.2, -0.15) is 5.10 Å². The molecule has 0 N–H and O–H groups in total. The molecule has 0 fully saturated rings. The summed E-state index contributed by atoms with van der Waals surface area (Å²) in [7, 11) is 0. The van der Waals surface area contributed by atoms with Crippen LogP contribution in [0.5, 0.6) is 11.5 Å². The minimum atomic E-state index is -0.314. The number of carbonyl (C=O) groups is 1. The molecule has 0 saturated carbocycles. The number of nitrogens with zero attached hydrogens (tertiary/aromatic N) is 2. The second-order valence-corrected chi connectivity index (χ2v) is 6.42. The molecule has 0 aliphatic carbocycles. The van der Waals surface area contributed by atoms with Gasteiger partial charge in [0.15, 0.2) is 17.3 Å². The first-order valence-corrected chi connectivity index (χ1v) is 8.63. The van der Waals surface area contributed by atoms with E-state index >= 15 is 0 Å². The fourth-order valence-corrected chi connectivity index (χ4v) is 3.25. The van der Waals surface area contributed by atoms with Crippen LogP contribution in [0.1, 0.15) is 10.4 Å². The van der Waals surface area contributed by atoms with Crippen molar-refractivity contribution in [2.24, 2.45) is 0 Å². The van der Waals surface area contributed by atoms with Crippen LogP contribution >= 0.6 is 11.3 Å². The zero-order valence-corrected chi connectivity index (χ0v) is 14.0. The minimum Gasteiger partial charge on any atom is -0.486 e. The Morgan fingerprint density at radius 2 is 1.96 bits per heavy atom. The van der Waals surface area contributed by atoms with Gasteiger partial charge >= 0.3 is 0 Å². The Bertz CT molecular complexity index is 979. The molecule has 6 nitrogen and oxygen atoms in total. The van der Waals surface area contributed by atoms with Crippen LogP contribution in [0.3, 0.4) is 0 Å². The van der Waals surface area contributed by atoms with Crippen molar-refractivity contribution in [1.29, 1.82) is 0 Å². The largest absolute Gasteiger partial charge is 0.486 e. The maximum atomic E-state index is 12.6. The fraction of sp³-hybridized carbons (Fsp3) is 0.167. The molecule has 0 amide bonds. The molecule has 0 spiro atoms. The van der Waals surface area contributed by atoms with Gasteiger partial charge in [0.25, 0.3) is 5.56 Å². The second kappa shape index (κ2) is 6.52. The molecule has 126 valence electrons. The molecule has 3 heterocycles. The number of hydrogen-bond donors (Lipinski definition) is 0. The molecular formula is C18H14N2O4S. The molecule has 0 radical (unpaired) electrons. The number of rotatable bonds is 4.